The van der Waals surface area contributed by atoms with E-state index >= 15 is 0 Å². The van der Waals surface area contributed by atoms with Gasteiger partial charge in [0.15, 0.2) is 0 Å². The highest BCUT2D eigenvalue weighted by atomic mass is 32.2. The molecule has 0 saturated carbocycles. The molecule has 7 heteroatoms. The number of primary amides is 1. The van der Waals surface area contributed by atoms with Crippen molar-refractivity contribution in [1.82, 2.24) is 9.97 Å². The largest absolute Gasteiger partial charge is 0.497 e. The van der Waals surface area contributed by atoms with E-state index in [-0.39, 0.29) is 0 Å². The first-order valence-corrected chi connectivity index (χ1v) is 7.62. The number of carbonyl (C=O) groups excluding carboxylic acids is 1. The first-order valence-electron chi connectivity index (χ1n) is 6.81. The molecular formula is C16H15N3O3S. The lowest BCUT2D eigenvalue weighted by atomic mass is 10.3. The van der Waals surface area contributed by atoms with Crippen molar-refractivity contribution in [1.29, 1.82) is 0 Å². The van der Waals surface area contributed by atoms with Gasteiger partial charge in [-0.2, -0.15) is 0 Å². The monoisotopic (exact) mass is 329 g/mol. The van der Waals surface area contributed by atoms with E-state index in [2.05, 4.69) is 9.97 Å². The van der Waals surface area contributed by atoms with Crippen LogP contribution in [0.25, 0.3) is 11.0 Å². The minimum Gasteiger partial charge on any atom is -0.497 e. The summed E-state index contributed by atoms with van der Waals surface area (Å²) < 4.78 is 10.4. The van der Waals surface area contributed by atoms with E-state index < -0.39 is 5.91 Å². The molecule has 118 valence electrons. The molecule has 0 bridgehead atoms. The number of amides is 1. The molecule has 3 aromatic rings. The Hall–Kier alpha value is -2.67. The Morgan fingerprint density at radius 1 is 1.22 bits per heavy atom. The topological polar surface area (TPSA) is 90.2 Å². The molecule has 0 radical (unpaired) electrons. The molecule has 0 aliphatic heterocycles. The second kappa shape index (κ2) is 6.21. The number of hydrogen-bond donors (Lipinski definition) is 2. The molecular weight excluding hydrogens is 314 g/mol. The maximum atomic E-state index is 11.8. The second-order valence-corrected chi connectivity index (χ2v) is 5.81. The molecule has 1 aromatic carbocycles. The van der Waals surface area contributed by atoms with Crippen molar-refractivity contribution in [2.24, 2.45) is 5.73 Å². The molecule has 0 unspecified atom stereocenters. The molecule has 2 heterocycles. The third-order valence-corrected chi connectivity index (χ3v) is 4.38. The maximum Gasteiger partial charge on any atom is 0.266 e. The van der Waals surface area contributed by atoms with Crippen LogP contribution in [0, 0.1) is 0 Å². The van der Waals surface area contributed by atoms with Gasteiger partial charge in [-0.25, -0.2) is 4.98 Å². The van der Waals surface area contributed by atoms with Gasteiger partial charge in [-0.15, -0.1) is 0 Å². The second-order valence-electron chi connectivity index (χ2n) is 4.72. The Labute approximate surface area is 137 Å². The summed E-state index contributed by atoms with van der Waals surface area (Å²) in [4.78, 5) is 20.8. The lowest BCUT2D eigenvalue weighted by Gasteiger charge is -2.05. The highest BCUT2D eigenvalue weighted by Gasteiger charge is 2.19. The molecule has 23 heavy (non-hydrogen) atoms. The third-order valence-electron chi connectivity index (χ3n) is 3.29. The number of hydrogen-bond acceptors (Lipinski definition) is 5. The lowest BCUT2D eigenvalue weighted by Crippen LogP contribution is -2.12. The van der Waals surface area contributed by atoms with Crippen LogP contribution >= 0.6 is 11.8 Å². The van der Waals surface area contributed by atoms with Crippen LogP contribution in [0.15, 0.2) is 46.2 Å². The number of fused-ring (bicyclic) bond motifs is 1. The van der Waals surface area contributed by atoms with Crippen molar-refractivity contribution in [2.75, 3.05) is 14.2 Å². The van der Waals surface area contributed by atoms with E-state index in [1.54, 1.807) is 20.3 Å². The van der Waals surface area contributed by atoms with Crippen LogP contribution in [-0.4, -0.2) is 30.1 Å². The third kappa shape index (κ3) is 2.95. The molecule has 0 spiro atoms. The van der Waals surface area contributed by atoms with E-state index in [0.717, 1.165) is 16.2 Å². The molecule has 0 saturated heterocycles. The predicted molar refractivity (Wildman–Crippen MR) is 88.3 cm³/mol. The van der Waals surface area contributed by atoms with E-state index in [9.17, 15) is 4.79 Å². The van der Waals surface area contributed by atoms with Gasteiger partial charge in [0.25, 0.3) is 5.91 Å². The van der Waals surface area contributed by atoms with Crippen molar-refractivity contribution in [2.45, 2.75) is 9.79 Å². The number of pyridine rings is 1. The Bertz CT molecular complexity index is 876. The van der Waals surface area contributed by atoms with E-state index in [1.165, 1.54) is 11.8 Å². The number of H-pyrrole nitrogens is 1. The summed E-state index contributed by atoms with van der Waals surface area (Å²) >= 11 is 1.40. The van der Waals surface area contributed by atoms with Gasteiger partial charge in [-0.05, 0) is 24.3 Å². The SMILES string of the molecule is COc1cccc(Sc2c(C(N)=O)[nH]c3ccc(OC)nc23)c1. The molecule has 0 aliphatic rings. The Kier molecular flexibility index (Phi) is 4.12. The molecule has 3 N–H and O–H groups in total. The van der Waals surface area contributed by atoms with Crippen LogP contribution in [0.5, 0.6) is 11.6 Å². The van der Waals surface area contributed by atoms with Gasteiger partial charge < -0.3 is 20.2 Å². The van der Waals surface area contributed by atoms with Crippen LogP contribution < -0.4 is 15.2 Å². The van der Waals surface area contributed by atoms with Gasteiger partial charge in [-0.1, -0.05) is 17.8 Å². The van der Waals surface area contributed by atoms with Gasteiger partial charge in [-0.3, -0.25) is 4.79 Å². The molecule has 2 aromatic heterocycles. The van der Waals surface area contributed by atoms with Crippen molar-refractivity contribution >= 4 is 28.7 Å². The standard InChI is InChI=1S/C16H15N3O3S/c1-21-9-4-3-5-10(8-9)23-15-13-11(18-14(15)16(17)20)6-7-12(19-13)22-2/h3-8,18H,1-2H3,(H2,17,20). The number of ether oxygens (including phenoxy) is 2. The molecule has 0 aliphatic carbocycles. The number of aromatic nitrogens is 2. The average Bonchev–Trinajstić information content (AvgIpc) is 2.93. The normalized spacial score (nSPS) is 10.7. The molecule has 3 rings (SSSR count). The molecule has 0 fully saturated rings. The van der Waals surface area contributed by atoms with Gasteiger partial charge in [0.05, 0.1) is 24.6 Å². The summed E-state index contributed by atoms with van der Waals surface area (Å²) in [5, 5.41) is 0. The molecule has 6 nitrogen and oxygen atoms in total. The molecule has 1 amide bonds. The van der Waals surface area contributed by atoms with Gasteiger partial charge in [0.1, 0.15) is 17.0 Å². The molecule has 0 atom stereocenters. The number of aromatic amines is 1. The van der Waals surface area contributed by atoms with Crippen LogP contribution in [0.2, 0.25) is 0 Å². The average molecular weight is 329 g/mol. The predicted octanol–water partition coefficient (Wildman–Crippen LogP) is 2.83. The van der Waals surface area contributed by atoms with Gasteiger partial charge in [0.2, 0.25) is 5.88 Å². The number of carbonyl (C=O) groups is 1. The highest BCUT2D eigenvalue weighted by molar-refractivity contribution is 7.99. The van der Waals surface area contributed by atoms with Crippen LogP contribution in [-0.2, 0) is 0 Å². The highest BCUT2D eigenvalue weighted by Crippen LogP contribution is 2.37. The number of nitrogens with two attached hydrogens (primary N) is 1. The van der Waals surface area contributed by atoms with Crippen LogP contribution in [0.3, 0.4) is 0 Å². The number of rotatable bonds is 5. The zero-order valence-corrected chi connectivity index (χ0v) is 13.4. The number of nitrogens with one attached hydrogen (secondary N) is 1. The van der Waals surface area contributed by atoms with Crippen molar-refractivity contribution in [3.63, 3.8) is 0 Å². The fourth-order valence-electron chi connectivity index (χ4n) is 2.19. The minimum absolute atomic E-state index is 0.327. The number of nitrogens with zero attached hydrogens (tertiary/aromatic N) is 1. The van der Waals surface area contributed by atoms with Crippen LogP contribution in [0.4, 0.5) is 0 Å². The fourth-order valence-corrected chi connectivity index (χ4v) is 3.26. The zero-order chi connectivity index (χ0) is 16.4. The first-order chi connectivity index (χ1) is 11.1. The fraction of sp³-hybridized carbons (Fsp3) is 0.125. The van der Waals surface area contributed by atoms with Crippen LogP contribution in [0.1, 0.15) is 10.5 Å². The number of benzene rings is 1. The number of methoxy groups -OCH3 is 2. The lowest BCUT2D eigenvalue weighted by molar-refractivity contribution is 0.0993. The maximum absolute atomic E-state index is 11.8. The first kappa shape index (κ1) is 15.2. The van der Waals surface area contributed by atoms with Gasteiger partial charge in [0, 0.05) is 11.0 Å². The minimum atomic E-state index is -0.535. The Morgan fingerprint density at radius 3 is 2.74 bits per heavy atom. The summed E-state index contributed by atoms with van der Waals surface area (Å²) in [6.45, 7) is 0. The zero-order valence-electron chi connectivity index (χ0n) is 12.6. The van der Waals surface area contributed by atoms with E-state index in [4.69, 9.17) is 15.2 Å². The quantitative estimate of drug-likeness (QED) is 0.751. The van der Waals surface area contributed by atoms with Gasteiger partial charge >= 0.3 is 0 Å². The van der Waals surface area contributed by atoms with E-state index in [1.807, 2.05) is 30.3 Å². The van der Waals surface area contributed by atoms with E-state index in [0.29, 0.717) is 22.0 Å². The summed E-state index contributed by atoms with van der Waals surface area (Å²) in [6.07, 6.45) is 0. The van der Waals surface area contributed by atoms with Crippen molar-refractivity contribution in [3.05, 3.63) is 42.1 Å². The Morgan fingerprint density at radius 2 is 2.04 bits per heavy atom. The summed E-state index contributed by atoms with van der Waals surface area (Å²) in [6, 6.07) is 11.1. The summed E-state index contributed by atoms with van der Waals surface area (Å²) in [5.41, 5.74) is 7.19. The summed E-state index contributed by atoms with van der Waals surface area (Å²) in [7, 11) is 3.15. The Balaban J connectivity index is 2.13. The van der Waals surface area contributed by atoms with Crippen molar-refractivity contribution in [3.8, 4) is 11.6 Å². The summed E-state index contributed by atoms with van der Waals surface area (Å²) in [5.74, 6) is 0.674. The van der Waals surface area contributed by atoms with Crippen molar-refractivity contribution < 1.29 is 14.3 Å². The smallest absolute Gasteiger partial charge is 0.266 e.